The second-order valence-corrected chi connectivity index (χ2v) is 5.27. The van der Waals surface area contributed by atoms with E-state index in [9.17, 15) is 4.79 Å². The molecule has 0 unspecified atom stereocenters. The van der Waals surface area contributed by atoms with E-state index < -0.39 is 0 Å². The van der Waals surface area contributed by atoms with Gasteiger partial charge in [0, 0.05) is 20.9 Å². The number of halogens is 2. The Balaban J connectivity index is 1.86. The molecule has 98 valence electrons. The van der Waals surface area contributed by atoms with Gasteiger partial charge in [-0.3, -0.25) is 4.79 Å². The fourth-order valence-corrected chi connectivity index (χ4v) is 2.04. The van der Waals surface area contributed by atoms with Gasteiger partial charge in [0.25, 0.3) is 0 Å². The first kappa shape index (κ1) is 13.9. The van der Waals surface area contributed by atoms with E-state index in [1.165, 1.54) is 0 Å². The molecular formula is C14H12BrClN2O. The van der Waals surface area contributed by atoms with Crippen molar-refractivity contribution in [2.75, 3.05) is 17.2 Å². The molecule has 0 aliphatic carbocycles. The summed E-state index contributed by atoms with van der Waals surface area (Å²) >= 11 is 9.15. The van der Waals surface area contributed by atoms with Crippen molar-refractivity contribution in [3.8, 4) is 0 Å². The van der Waals surface area contributed by atoms with E-state index in [0.29, 0.717) is 5.02 Å². The van der Waals surface area contributed by atoms with Gasteiger partial charge in [-0.15, -0.1) is 0 Å². The fraction of sp³-hybridized carbons (Fsp3) is 0.0714. The van der Waals surface area contributed by atoms with Crippen LogP contribution in [-0.4, -0.2) is 12.5 Å². The maximum atomic E-state index is 11.7. The van der Waals surface area contributed by atoms with E-state index in [0.717, 1.165) is 15.8 Å². The molecule has 5 heteroatoms. The number of hydrogen-bond donors (Lipinski definition) is 2. The van der Waals surface area contributed by atoms with Gasteiger partial charge in [-0.25, -0.2) is 0 Å². The van der Waals surface area contributed by atoms with Crippen LogP contribution in [-0.2, 0) is 4.79 Å². The molecule has 1 amide bonds. The van der Waals surface area contributed by atoms with E-state index >= 15 is 0 Å². The summed E-state index contributed by atoms with van der Waals surface area (Å²) in [4.78, 5) is 11.7. The Hall–Kier alpha value is -1.52. The molecule has 2 aromatic rings. The minimum Gasteiger partial charge on any atom is -0.376 e. The lowest BCUT2D eigenvalue weighted by atomic mass is 10.3. The zero-order chi connectivity index (χ0) is 13.7. The molecule has 3 nitrogen and oxygen atoms in total. The van der Waals surface area contributed by atoms with Crippen LogP contribution in [0.5, 0.6) is 0 Å². The Morgan fingerprint density at radius 1 is 1.11 bits per heavy atom. The number of benzene rings is 2. The summed E-state index contributed by atoms with van der Waals surface area (Å²) in [6.45, 7) is 0.207. The van der Waals surface area contributed by atoms with Crippen LogP contribution in [0.15, 0.2) is 53.0 Å². The molecule has 0 fully saturated rings. The molecule has 0 bridgehead atoms. The van der Waals surface area contributed by atoms with E-state index in [-0.39, 0.29) is 12.5 Å². The van der Waals surface area contributed by atoms with Gasteiger partial charge in [-0.05, 0) is 42.5 Å². The van der Waals surface area contributed by atoms with E-state index in [1.54, 1.807) is 24.3 Å². The van der Waals surface area contributed by atoms with Gasteiger partial charge in [0.1, 0.15) is 0 Å². The van der Waals surface area contributed by atoms with Crippen molar-refractivity contribution < 1.29 is 4.79 Å². The third-order valence-electron chi connectivity index (χ3n) is 2.41. The zero-order valence-corrected chi connectivity index (χ0v) is 12.3. The van der Waals surface area contributed by atoms with Gasteiger partial charge in [0.05, 0.1) is 6.54 Å². The molecule has 0 spiro atoms. The smallest absolute Gasteiger partial charge is 0.243 e. The first-order valence-electron chi connectivity index (χ1n) is 5.68. The number of carbonyl (C=O) groups is 1. The van der Waals surface area contributed by atoms with Gasteiger partial charge in [0.15, 0.2) is 0 Å². The van der Waals surface area contributed by atoms with E-state index in [2.05, 4.69) is 26.6 Å². The third-order valence-corrected chi connectivity index (χ3v) is 3.15. The summed E-state index contributed by atoms with van der Waals surface area (Å²) in [5.74, 6) is -0.109. The van der Waals surface area contributed by atoms with Gasteiger partial charge in [-0.1, -0.05) is 33.6 Å². The Bertz CT molecular complexity index is 572. The Morgan fingerprint density at radius 2 is 1.84 bits per heavy atom. The number of amides is 1. The Kier molecular flexibility index (Phi) is 4.82. The minimum absolute atomic E-state index is 0.109. The SMILES string of the molecule is O=C(CNc1cccc(Br)c1)Nc1ccc(Cl)cc1. The number of rotatable bonds is 4. The summed E-state index contributed by atoms with van der Waals surface area (Å²) in [6, 6.07) is 14.6. The average Bonchev–Trinajstić information content (AvgIpc) is 2.39. The second-order valence-electron chi connectivity index (χ2n) is 3.92. The lowest BCUT2D eigenvalue weighted by Gasteiger charge is -2.08. The highest BCUT2D eigenvalue weighted by atomic mass is 79.9. The molecule has 2 rings (SSSR count). The van der Waals surface area contributed by atoms with E-state index in [4.69, 9.17) is 11.6 Å². The summed E-state index contributed by atoms with van der Waals surface area (Å²) < 4.78 is 0.968. The predicted molar refractivity (Wildman–Crippen MR) is 82.7 cm³/mol. The van der Waals surface area contributed by atoms with Crippen LogP contribution < -0.4 is 10.6 Å². The molecule has 0 atom stereocenters. The largest absolute Gasteiger partial charge is 0.376 e. The van der Waals surface area contributed by atoms with Crippen molar-refractivity contribution in [1.29, 1.82) is 0 Å². The number of hydrogen-bond acceptors (Lipinski definition) is 2. The molecular weight excluding hydrogens is 328 g/mol. The van der Waals surface area contributed by atoms with Crippen LogP contribution in [0.1, 0.15) is 0 Å². The molecule has 2 aromatic carbocycles. The summed E-state index contributed by atoms with van der Waals surface area (Å²) in [5.41, 5.74) is 1.62. The van der Waals surface area contributed by atoms with Crippen molar-refractivity contribution in [2.45, 2.75) is 0 Å². The highest BCUT2D eigenvalue weighted by Gasteiger charge is 2.02. The van der Waals surface area contributed by atoms with Gasteiger partial charge in [-0.2, -0.15) is 0 Å². The second kappa shape index (κ2) is 6.59. The topological polar surface area (TPSA) is 41.1 Å². The van der Waals surface area contributed by atoms with Gasteiger partial charge >= 0.3 is 0 Å². The van der Waals surface area contributed by atoms with Crippen molar-refractivity contribution in [3.63, 3.8) is 0 Å². The molecule has 0 aromatic heterocycles. The molecule has 0 saturated carbocycles. The van der Waals surface area contributed by atoms with Crippen LogP contribution in [0.4, 0.5) is 11.4 Å². The monoisotopic (exact) mass is 338 g/mol. The molecule has 2 N–H and O–H groups in total. The highest BCUT2D eigenvalue weighted by Crippen LogP contribution is 2.16. The summed E-state index contributed by atoms with van der Waals surface area (Å²) in [7, 11) is 0. The van der Waals surface area contributed by atoms with Crippen molar-refractivity contribution in [2.24, 2.45) is 0 Å². The van der Waals surface area contributed by atoms with Gasteiger partial charge < -0.3 is 10.6 Å². The molecule has 19 heavy (non-hydrogen) atoms. The van der Waals surface area contributed by atoms with Crippen LogP contribution in [0.2, 0.25) is 5.02 Å². The lowest BCUT2D eigenvalue weighted by molar-refractivity contribution is -0.114. The summed E-state index contributed by atoms with van der Waals surface area (Å²) in [5, 5.41) is 6.47. The number of carbonyl (C=O) groups excluding carboxylic acids is 1. The quantitative estimate of drug-likeness (QED) is 0.878. The zero-order valence-electron chi connectivity index (χ0n) is 9.99. The molecule has 0 aliphatic rings. The van der Waals surface area contributed by atoms with Crippen LogP contribution >= 0.6 is 27.5 Å². The van der Waals surface area contributed by atoms with E-state index in [1.807, 2.05) is 24.3 Å². The normalized spacial score (nSPS) is 10.0. The van der Waals surface area contributed by atoms with Gasteiger partial charge in [0.2, 0.25) is 5.91 Å². The van der Waals surface area contributed by atoms with Crippen LogP contribution in [0.3, 0.4) is 0 Å². The molecule has 0 saturated heterocycles. The Morgan fingerprint density at radius 3 is 2.53 bits per heavy atom. The molecule has 0 heterocycles. The third kappa shape index (κ3) is 4.58. The first-order chi connectivity index (χ1) is 9.13. The average molecular weight is 340 g/mol. The Labute approximate surface area is 125 Å². The van der Waals surface area contributed by atoms with Crippen LogP contribution in [0, 0.1) is 0 Å². The first-order valence-corrected chi connectivity index (χ1v) is 6.85. The van der Waals surface area contributed by atoms with Crippen molar-refractivity contribution in [3.05, 3.63) is 58.0 Å². The highest BCUT2D eigenvalue weighted by molar-refractivity contribution is 9.10. The maximum absolute atomic E-state index is 11.7. The summed E-state index contributed by atoms with van der Waals surface area (Å²) in [6.07, 6.45) is 0. The number of anilines is 2. The number of nitrogens with one attached hydrogen (secondary N) is 2. The minimum atomic E-state index is -0.109. The predicted octanol–water partition coefficient (Wildman–Crippen LogP) is 4.15. The van der Waals surface area contributed by atoms with Crippen molar-refractivity contribution in [1.82, 2.24) is 0 Å². The maximum Gasteiger partial charge on any atom is 0.243 e. The molecule has 0 radical (unpaired) electrons. The standard InChI is InChI=1S/C14H12BrClN2O/c15-10-2-1-3-13(8-10)17-9-14(19)18-12-6-4-11(16)5-7-12/h1-8,17H,9H2,(H,18,19). The lowest BCUT2D eigenvalue weighted by Crippen LogP contribution is -2.21. The fourth-order valence-electron chi connectivity index (χ4n) is 1.52. The molecule has 0 aliphatic heterocycles. The van der Waals surface area contributed by atoms with Crippen molar-refractivity contribution >= 4 is 44.8 Å². The van der Waals surface area contributed by atoms with Crippen LogP contribution in [0.25, 0.3) is 0 Å².